The Morgan fingerprint density at radius 3 is 2.09 bits per heavy atom. The monoisotopic (exact) mass is 453 g/mol. The average Bonchev–Trinajstić information content (AvgIpc) is 3.31. The number of hydrogen-bond acceptors (Lipinski definition) is 4. The van der Waals surface area contributed by atoms with Crippen LogP contribution in [0.4, 0.5) is 11.4 Å². The lowest BCUT2D eigenvalue weighted by Crippen LogP contribution is -2.18. The van der Waals surface area contributed by atoms with E-state index in [4.69, 9.17) is 5.10 Å². The lowest BCUT2D eigenvalue weighted by atomic mass is 9.98. The van der Waals surface area contributed by atoms with Crippen molar-refractivity contribution in [3.05, 3.63) is 126 Å². The molecular weight excluding hydrogens is 430 g/mol. The summed E-state index contributed by atoms with van der Waals surface area (Å²) in [5.74, 6) is 0. The molecule has 0 aliphatic carbocycles. The summed E-state index contributed by atoms with van der Waals surface area (Å²) in [7, 11) is -3.72. The number of para-hydroxylation sites is 2. The molecule has 0 bridgehead atoms. The Balaban J connectivity index is 1.49. The average molecular weight is 454 g/mol. The van der Waals surface area contributed by atoms with Crippen molar-refractivity contribution in [1.82, 2.24) is 0 Å². The molecule has 164 valence electrons. The highest BCUT2D eigenvalue weighted by atomic mass is 32.2. The maximum absolute atomic E-state index is 13.0. The van der Waals surface area contributed by atoms with E-state index >= 15 is 0 Å². The minimum Gasteiger partial charge on any atom is -0.280 e. The summed E-state index contributed by atoms with van der Waals surface area (Å²) in [6, 6.07) is 36.2. The zero-order chi connectivity index (χ0) is 22.7. The van der Waals surface area contributed by atoms with Gasteiger partial charge in [0, 0.05) is 12.1 Å². The molecule has 4 aromatic rings. The lowest BCUT2D eigenvalue weighted by Gasteiger charge is -2.23. The normalized spacial score (nSPS) is 15.8. The summed E-state index contributed by atoms with van der Waals surface area (Å²) < 4.78 is 28.6. The molecule has 0 fully saturated rings. The van der Waals surface area contributed by atoms with E-state index in [0.717, 1.165) is 22.5 Å². The number of rotatable bonds is 6. The van der Waals surface area contributed by atoms with Gasteiger partial charge in [-0.2, -0.15) is 5.10 Å². The smallest absolute Gasteiger partial charge is 0.261 e. The van der Waals surface area contributed by atoms with Crippen molar-refractivity contribution < 1.29 is 8.42 Å². The molecule has 1 unspecified atom stereocenters. The Kier molecular flexibility index (Phi) is 5.67. The Morgan fingerprint density at radius 1 is 0.758 bits per heavy atom. The van der Waals surface area contributed by atoms with Crippen molar-refractivity contribution in [3.8, 4) is 0 Å². The summed E-state index contributed by atoms with van der Waals surface area (Å²) in [5.41, 5.74) is 4.33. The third kappa shape index (κ3) is 4.52. The number of sulfonamides is 1. The Morgan fingerprint density at radius 2 is 1.39 bits per heavy atom. The van der Waals surface area contributed by atoms with Crippen molar-refractivity contribution >= 4 is 27.1 Å². The van der Waals surface area contributed by atoms with Gasteiger partial charge < -0.3 is 0 Å². The second-order valence-corrected chi connectivity index (χ2v) is 9.54. The molecule has 0 amide bonds. The number of nitrogens with one attached hydrogen (secondary N) is 1. The highest BCUT2D eigenvalue weighted by Gasteiger charge is 2.30. The van der Waals surface area contributed by atoms with Gasteiger partial charge in [0.15, 0.2) is 0 Å². The number of nitrogens with zero attached hydrogens (tertiary/aromatic N) is 2. The quantitative estimate of drug-likeness (QED) is 0.399. The van der Waals surface area contributed by atoms with Gasteiger partial charge in [-0.05, 0) is 47.5 Å². The van der Waals surface area contributed by atoms with Gasteiger partial charge in [0.1, 0.15) is 0 Å². The van der Waals surface area contributed by atoms with Crippen LogP contribution in [-0.4, -0.2) is 14.1 Å². The Hall–Kier alpha value is -3.90. The fraction of sp³-hybridized carbons (Fsp3) is 0.0741. The third-order valence-corrected chi connectivity index (χ3v) is 7.00. The van der Waals surface area contributed by atoms with Crippen LogP contribution < -0.4 is 9.73 Å². The van der Waals surface area contributed by atoms with Crippen LogP contribution in [0.1, 0.15) is 23.6 Å². The minimum absolute atomic E-state index is 0.0336. The predicted octanol–water partition coefficient (Wildman–Crippen LogP) is 5.84. The highest BCUT2D eigenvalue weighted by molar-refractivity contribution is 7.92. The summed E-state index contributed by atoms with van der Waals surface area (Å²) in [6.45, 7) is 0. The highest BCUT2D eigenvalue weighted by Crippen LogP contribution is 2.36. The molecule has 5 rings (SSSR count). The first-order valence-corrected chi connectivity index (χ1v) is 12.2. The third-order valence-electron chi connectivity index (χ3n) is 5.62. The largest absolute Gasteiger partial charge is 0.280 e. The second kappa shape index (κ2) is 8.92. The molecule has 1 atom stereocenters. The van der Waals surface area contributed by atoms with Crippen LogP contribution in [0.25, 0.3) is 0 Å². The van der Waals surface area contributed by atoms with Crippen molar-refractivity contribution in [2.45, 2.75) is 17.4 Å². The number of anilines is 2. The van der Waals surface area contributed by atoms with Crippen molar-refractivity contribution in [1.29, 1.82) is 0 Å². The van der Waals surface area contributed by atoms with Crippen LogP contribution in [0.5, 0.6) is 0 Å². The molecule has 1 heterocycles. The molecule has 4 aromatic carbocycles. The molecule has 0 radical (unpaired) electrons. The molecule has 0 aromatic heterocycles. The lowest BCUT2D eigenvalue weighted by molar-refractivity contribution is 0.601. The van der Waals surface area contributed by atoms with E-state index < -0.39 is 10.0 Å². The first-order chi connectivity index (χ1) is 16.1. The summed E-state index contributed by atoms with van der Waals surface area (Å²) in [5, 5.41) is 6.95. The van der Waals surface area contributed by atoms with Gasteiger partial charge in [0.2, 0.25) is 0 Å². The summed E-state index contributed by atoms with van der Waals surface area (Å²) in [6.07, 6.45) is 0.675. The van der Waals surface area contributed by atoms with Gasteiger partial charge in [-0.1, -0.05) is 78.9 Å². The number of hydrazone groups is 1. The standard InChI is InChI=1S/C27H23N3O2S/c31-33(32,29-23-14-6-2-7-15-23)25-18-10-13-22(19-25)26-20-27(21-11-4-1-5-12-21)30(28-26)24-16-8-3-9-17-24/h1-19,27,29H,20H2. The number of benzene rings is 4. The van der Waals surface area contributed by atoms with Gasteiger partial charge in [-0.15, -0.1) is 0 Å². The molecule has 0 saturated carbocycles. The first-order valence-electron chi connectivity index (χ1n) is 10.8. The number of hydrogen-bond donors (Lipinski definition) is 1. The van der Waals surface area contributed by atoms with Crippen LogP contribution in [-0.2, 0) is 10.0 Å². The molecule has 33 heavy (non-hydrogen) atoms. The van der Waals surface area contributed by atoms with Crippen LogP contribution >= 0.6 is 0 Å². The fourth-order valence-electron chi connectivity index (χ4n) is 4.00. The van der Waals surface area contributed by atoms with Crippen LogP contribution in [0, 0.1) is 0 Å². The van der Waals surface area contributed by atoms with Gasteiger partial charge >= 0.3 is 0 Å². The van der Waals surface area contributed by atoms with Crippen LogP contribution in [0.2, 0.25) is 0 Å². The molecule has 6 heteroatoms. The second-order valence-electron chi connectivity index (χ2n) is 7.86. The van der Waals surface area contributed by atoms with Crippen molar-refractivity contribution in [2.75, 3.05) is 9.73 Å². The molecule has 0 spiro atoms. The molecule has 5 nitrogen and oxygen atoms in total. The molecular formula is C27H23N3O2S. The van der Waals surface area contributed by atoms with E-state index in [0.29, 0.717) is 12.1 Å². The zero-order valence-corrected chi connectivity index (χ0v) is 18.7. The van der Waals surface area contributed by atoms with Crippen molar-refractivity contribution in [3.63, 3.8) is 0 Å². The summed E-state index contributed by atoms with van der Waals surface area (Å²) >= 11 is 0. The maximum Gasteiger partial charge on any atom is 0.261 e. The van der Waals surface area contributed by atoms with Gasteiger partial charge in [-0.25, -0.2) is 8.42 Å². The van der Waals surface area contributed by atoms with Crippen LogP contribution in [0.15, 0.2) is 125 Å². The summed E-state index contributed by atoms with van der Waals surface area (Å²) in [4.78, 5) is 0.209. The van der Waals surface area contributed by atoms with E-state index in [-0.39, 0.29) is 10.9 Å². The Bertz CT molecular complexity index is 1370. The fourth-order valence-corrected chi connectivity index (χ4v) is 5.11. The van der Waals surface area contributed by atoms with Gasteiger partial charge in [-0.3, -0.25) is 9.73 Å². The SMILES string of the molecule is O=S(=O)(Nc1ccccc1)c1cccc(C2=NN(c3ccccc3)C(c3ccccc3)C2)c1. The molecule has 1 aliphatic rings. The van der Waals surface area contributed by atoms with E-state index in [1.807, 2.05) is 65.7 Å². The minimum atomic E-state index is -3.72. The van der Waals surface area contributed by atoms with E-state index in [1.54, 1.807) is 42.5 Å². The van der Waals surface area contributed by atoms with E-state index in [1.165, 1.54) is 0 Å². The molecule has 0 saturated heterocycles. The maximum atomic E-state index is 13.0. The first kappa shape index (κ1) is 21.0. The molecule has 1 aliphatic heterocycles. The van der Waals surface area contributed by atoms with Crippen LogP contribution in [0.3, 0.4) is 0 Å². The van der Waals surface area contributed by atoms with Gasteiger partial charge in [0.25, 0.3) is 10.0 Å². The van der Waals surface area contributed by atoms with E-state index in [2.05, 4.69) is 16.9 Å². The Labute approximate surface area is 194 Å². The zero-order valence-electron chi connectivity index (χ0n) is 17.9. The van der Waals surface area contributed by atoms with Crippen molar-refractivity contribution in [2.24, 2.45) is 5.10 Å². The topological polar surface area (TPSA) is 61.8 Å². The molecule has 1 N–H and O–H groups in total. The predicted molar refractivity (Wildman–Crippen MR) is 133 cm³/mol. The van der Waals surface area contributed by atoms with Gasteiger partial charge in [0.05, 0.1) is 22.3 Å². The van der Waals surface area contributed by atoms with E-state index in [9.17, 15) is 8.42 Å².